The fourth-order valence-corrected chi connectivity index (χ4v) is 3.90. The van der Waals surface area contributed by atoms with Crippen LogP contribution in [0, 0.1) is 23.7 Å². The van der Waals surface area contributed by atoms with Gasteiger partial charge in [0.15, 0.2) is 11.5 Å². The lowest BCUT2D eigenvalue weighted by molar-refractivity contribution is -0.124. The number of carbonyl (C=O) groups is 1. The number of hydrogen-bond donors (Lipinski definition) is 3. The summed E-state index contributed by atoms with van der Waals surface area (Å²) in [5, 5.41) is 10.7. The summed E-state index contributed by atoms with van der Waals surface area (Å²) in [5.41, 5.74) is 13.0. The summed E-state index contributed by atoms with van der Waals surface area (Å²) >= 11 is 0. The highest BCUT2D eigenvalue weighted by molar-refractivity contribution is 5.76. The van der Waals surface area contributed by atoms with Crippen LogP contribution in [-0.2, 0) is 16.0 Å². The van der Waals surface area contributed by atoms with Crippen molar-refractivity contribution in [2.45, 2.75) is 65.5 Å². The largest absolute Gasteiger partial charge is 0.493 e. The van der Waals surface area contributed by atoms with Gasteiger partial charge in [-0.15, -0.1) is 0 Å². The van der Waals surface area contributed by atoms with Crippen LogP contribution in [0.3, 0.4) is 0 Å². The third kappa shape index (κ3) is 9.35. The van der Waals surface area contributed by atoms with E-state index in [1.165, 1.54) is 0 Å². The van der Waals surface area contributed by atoms with Crippen molar-refractivity contribution in [2.24, 2.45) is 35.1 Å². The molecule has 0 aliphatic rings. The van der Waals surface area contributed by atoms with E-state index in [1.807, 2.05) is 32.0 Å². The first-order valence-corrected chi connectivity index (χ1v) is 11.6. The van der Waals surface area contributed by atoms with Gasteiger partial charge in [0.25, 0.3) is 0 Å². The average molecular weight is 453 g/mol. The molecule has 0 radical (unpaired) electrons. The second-order valence-corrected chi connectivity index (χ2v) is 9.34. The molecule has 184 valence electrons. The second kappa shape index (κ2) is 14.3. The maximum absolute atomic E-state index is 11.7. The van der Waals surface area contributed by atoms with Crippen LogP contribution in [0.5, 0.6) is 11.5 Å². The van der Waals surface area contributed by atoms with Gasteiger partial charge in [-0.1, -0.05) is 33.8 Å². The Bertz CT molecular complexity index is 680. The molecule has 1 rings (SSSR count). The number of ether oxygens (including phenoxy) is 3. The molecule has 4 atom stereocenters. The highest BCUT2D eigenvalue weighted by atomic mass is 16.5. The monoisotopic (exact) mass is 452 g/mol. The highest BCUT2D eigenvalue weighted by Gasteiger charge is 2.28. The standard InChI is InChI=1S/C25H44N2O5/c1-16(2)19(14-21(26)22(28)15-20(17(3)4)25(27)29)12-18-8-9-23(31-6)24(13-18)32-11-7-10-30-5/h8-9,13,16-17,19-22,28H,7,10-12,14-15,26H2,1-6H3,(H2,27,29). The number of amides is 1. The SMILES string of the molecule is COCCCOc1cc(CC(CC(N)C(O)CC(C(N)=O)C(C)C)C(C)C)ccc1OC. The summed E-state index contributed by atoms with van der Waals surface area (Å²) in [6.45, 7) is 9.39. The lowest BCUT2D eigenvalue weighted by Gasteiger charge is -2.29. The Morgan fingerprint density at radius 1 is 1.03 bits per heavy atom. The van der Waals surface area contributed by atoms with Gasteiger partial charge in [-0.2, -0.15) is 0 Å². The van der Waals surface area contributed by atoms with Gasteiger partial charge >= 0.3 is 0 Å². The number of aliphatic hydroxyl groups excluding tert-OH is 1. The predicted octanol–water partition coefficient (Wildman–Crippen LogP) is 3.15. The molecule has 0 saturated heterocycles. The van der Waals surface area contributed by atoms with Crippen LogP contribution in [0.4, 0.5) is 0 Å². The van der Waals surface area contributed by atoms with Crippen LogP contribution in [0.25, 0.3) is 0 Å². The summed E-state index contributed by atoms with van der Waals surface area (Å²) < 4.78 is 16.4. The minimum atomic E-state index is -0.772. The topological polar surface area (TPSA) is 117 Å². The van der Waals surface area contributed by atoms with E-state index < -0.39 is 12.1 Å². The van der Waals surface area contributed by atoms with Crippen LogP contribution in [0.2, 0.25) is 0 Å². The third-order valence-electron chi connectivity index (χ3n) is 6.15. The molecule has 32 heavy (non-hydrogen) atoms. The van der Waals surface area contributed by atoms with Crippen molar-refractivity contribution < 1.29 is 24.1 Å². The molecule has 7 nitrogen and oxygen atoms in total. The van der Waals surface area contributed by atoms with Crippen molar-refractivity contribution >= 4 is 5.91 Å². The summed E-state index contributed by atoms with van der Waals surface area (Å²) in [6, 6.07) is 5.56. The molecule has 4 unspecified atom stereocenters. The van der Waals surface area contributed by atoms with Crippen molar-refractivity contribution in [1.29, 1.82) is 0 Å². The molecule has 0 aliphatic heterocycles. The zero-order chi connectivity index (χ0) is 24.3. The van der Waals surface area contributed by atoms with Crippen LogP contribution in [0.15, 0.2) is 18.2 Å². The molecule has 0 saturated carbocycles. The molecule has 0 aromatic heterocycles. The van der Waals surface area contributed by atoms with Gasteiger partial charge in [-0.05, 0) is 54.7 Å². The van der Waals surface area contributed by atoms with E-state index in [1.54, 1.807) is 14.2 Å². The smallest absolute Gasteiger partial charge is 0.220 e. The van der Waals surface area contributed by atoms with E-state index in [2.05, 4.69) is 13.8 Å². The molecule has 1 amide bonds. The maximum Gasteiger partial charge on any atom is 0.220 e. The van der Waals surface area contributed by atoms with Crippen molar-refractivity contribution in [3.63, 3.8) is 0 Å². The Morgan fingerprint density at radius 2 is 1.72 bits per heavy atom. The van der Waals surface area contributed by atoms with Gasteiger partial charge in [0.05, 0.1) is 19.8 Å². The number of carbonyl (C=O) groups excluding carboxylic acids is 1. The Kier molecular flexibility index (Phi) is 12.6. The predicted molar refractivity (Wildman–Crippen MR) is 128 cm³/mol. The Balaban J connectivity index is 2.84. The summed E-state index contributed by atoms with van der Waals surface area (Å²) in [6.07, 6.45) is 1.78. The maximum atomic E-state index is 11.7. The molecule has 1 aromatic carbocycles. The number of nitrogens with two attached hydrogens (primary N) is 2. The van der Waals surface area contributed by atoms with Crippen molar-refractivity contribution in [2.75, 3.05) is 27.4 Å². The van der Waals surface area contributed by atoms with E-state index in [-0.39, 0.29) is 23.7 Å². The first kappa shape index (κ1) is 28.2. The Morgan fingerprint density at radius 3 is 2.25 bits per heavy atom. The molecule has 0 spiro atoms. The normalized spacial score (nSPS) is 15.4. The van der Waals surface area contributed by atoms with E-state index in [0.717, 1.165) is 18.4 Å². The van der Waals surface area contributed by atoms with Crippen molar-refractivity contribution in [3.05, 3.63) is 23.8 Å². The number of aliphatic hydroxyl groups is 1. The minimum absolute atomic E-state index is 0.0665. The quantitative estimate of drug-likeness (QED) is 0.332. The molecule has 1 aromatic rings. The van der Waals surface area contributed by atoms with Crippen LogP contribution in [-0.4, -0.2) is 50.6 Å². The van der Waals surface area contributed by atoms with Gasteiger partial charge in [0, 0.05) is 32.1 Å². The number of rotatable bonds is 16. The Hall–Kier alpha value is -1.83. The van der Waals surface area contributed by atoms with Gasteiger partial charge in [-0.3, -0.25) is 4.79 Å². The lowest BCUT2D eigenvalue weighted by Crippen LogP contribution is -2.41. The summed E-state index contributed by atoms with van der Waals surface area (Å²) in [5.74, 6) is 1.35. The minimum Gasteiger partial charge on any atom is -0.493 e. The molecule has 0 aliphatic carbocycles. The first-order chi connectivity index (χ1) is 15.1. The number of primary amides is 1. The van der Waals surface area contributed by atoms with Gasteiger partial charge < -0.3 is 30.8 Å². The molecule has 0 fully saturated rings. The van der Waals surface area contributed by atoms with Crippen LogP contribution < -0.4 is 20.9 Å². The number of methoxy groups -OCH3 is 2. The Labute approximate surface area is 193 Å². The van der Waals surface area contributed by atoms with Crippen LogP contribution in [0.1, 0.15) is 52.5 Å². The van der Waals surface area contributed by atoms with Crippen LogP contribution >= 0.6 is 0 Å². The van der Waals surface area contributed by atoms with E-state index in [9.17, 15) is 9.90 Å². The summed E-state index contributed by atoms with van der Waals surface area (Å²) in [7, 11) is 3.30. The molecule has 0 bridgehead atoms. The van der Waals surface area contributed by atoms with Gasteiger partial charge in [0.1, 0.15) is 0 Å². The summed E-state index contributed by atoms with van der Waals surface area (Å²) in [4.78, 5) is 11.7. The highest BCUT2D eigenvalue weighted by Crippen LogP contribution is 2.31. The molecular weight excluding hydrogens is 408 g/mol. The van der Waals surface area contributed by atoms with E-state index in [4.69, 9.17) is 25.7 Å². The zero-order valence-corrected chi connectivity index (χ0v) is 20.7. The van der Waals surface area contributed by atoms with Crippen molar-refractivity contribution in [3.8, 4) is 11.5 Å². The molecule has 7 heteroatoms. The molecule has 5 N–H and O–H groups in total. The van der Waals surface area contributed by atoms with E-state index in [0.29, 0.717) is 43.5 Å². The number of hydrogen-bond acceptors (Lipinski definition) is 6. The van der Waals surface area contributed by atoms with Gasteiger partial charge in [-0.25, -0.2) is 0 Å². The first-order valence-electron chi connectivity index (χ1n) is 11.6. The third-order valence-corrected chi connectivity index (χ3v) is 6.15. The molecule has 0 heterocycles. The van der Waals surface area contributed by atoms with Crippen molar-refractivity contribution in [1.82, 2.24) is 0 Å². The van der Waals surface area contributed by atoms with E-state index >= 15 is 0 Å². The number of benzene rings is 1. The lowest BCUT2D eigenvalue weighted by atomic mass is 9.81. The fourth-order valence-electron chi connectivity index (χ4n) is 3.90. The second-order valence-electron chi connectivity index (χ2n) is 9.34. The average Bonchev–Trinajstić information content (AvgIpc) is 2.73. The molecular formula is C25H44N2O5. The zero-order valence-electron chi connectivity index (χ0n) is 20.7. The fraction of sp³-hybridized carbons (Fsp3) is 0.720. The van der Waals surface area contributed by atoms with Gasteiger partial charge in [0.2, 0.25) is 5.91 Å².